The van der Waals surface area contributed by atoms with Gasteiger partial charge in [0.1, 0.15) is 11.5 Å². The van der Waals surface area contributed by atoms with Crippen LogP contribution in [0.15, 0.2) is 116 Å². The smallest absolute Gasteiger partial charge is 0.164 e. The second-order valence-electron chi connectivity index (χ2n) is 12.0. The average Bonchev–Trinajstić information content (AvgIpc) is 3.10. The molecule has 0 saturated carbocycles. The third-order valence-electron chi connectivity index (χ3n) is 8.52. The van der Waals surface area contributed by atoms with E-state index in [0.29, 0.717) is 23.0 Å². The van der Waals surface area contributed by atoms with Crippen LogP contribution in [0, 0.1) is 27.7 Å². The summed E-state index contributed by atoms with van der Waals surface area (Å²) in [4.78, 5) is 24.3. The number of phenolic OH excluding ortho intramolecular Hbond substituents is 2. The molecule has 0 unspecified atom stereocenters. The van der Waals surface area contributed by atoms with Gasteiger partial charge in [0.2, 0.25) is 0 Å². The molecule has 0 fully saturated rings. The van der Waals surface area contributed by atoms with E-state index in [9.17, 15) is 10.2 Å². The molecule has 0 saturated heterocycles. The normalized spacial score (nSPS) is 11.1. The van der Waals surface area contributed by atoms with E-state index >= 15 is 0 Å². The Labute approximate surface area is 279 Å². The number of pyridine rings is 2. The van der Waals surface area contributed by atoms with E-state index in [2.05, 4.69) is 61.9 Å². The van der Waals surface area contributed by atoms with Crippen LogP contribution < -0.4 is 0 Å². The number of nitrogens with zero attached hydrogens (tertiary/aromatic N) is 5. The number of phenols is 2. The zero-order chi connectivity index (χ0) is 33.4. The van der Waals surface area contributed by atoms with Crippen LogP contribution in [0.5, 0.6) is 11.5 Å². The summed E-state index contributed by atoms with van der Waals surface area (Å²) in [5.41, 5.74) is 12.4. The molecular weight excluding hydrogens is 594 g/mol. The lowest BCUT2D eigenvalue weighted by Gasteiger charge is -2.15. The highest BCUT2D eigenvalue weighted by Gasteiger charge is 2.18. The van der Waals surface area contributed by atoms with Crippen LogP contribution in [-0.2, 0) is 0 Å². The van der Waals surface area contributed by atoms with E-state index in [1.165, 1.54) is 6.07 Å². The Kier molecular flexibility index (Phi) is 7.95. The van der Waals surface area contributed by atoms with Gasteiger partial charge in [-0.15, -0.1) is 0 Å². The second-order valence-corrected chi connectivity index (χ2v) is 12.0. The highest BCUT2D eigenvalue weighted by atomic mass is 16.3. The van der Waals surface area contributed by atoms with Crippen molar-refractivity contribution < 1.29 is 10.2 Å². The Hall–Kier alpha value is -6.21. The van der Waals surface area contributed by atoms with Gasteiger partial charge in [0.15, 0.2) is 17.5 Å². The van der Waals surface area contributed by atoms with Crippen LogP contribution in [0.25, 0.3) is 67.8 Å². The van der Waals surface area contributed by atoms with E-state index in [1.807, 2.05) is 60.7 Å². The summed E-state index contributed by atoms with van der Waals surface area (Å²) in [6.45, 7) is 8.30. The Morgan fingerprint density at radius 1 is 0.396 bits per heavy atom. The molecule has 7 nitrogen and oxygen atoms in total. The number of benzene rings is 4. The predicted octanol–water partition coefficient (Wildman–Crippen LogP) is 9.31. The van der Waals surface area contributed by atoms with Crippen LogP contribution in [0.1, 0.15) is 22.3 Å². The minimum Gasteiger partial charge on any atom is -0.508 e. The van der Waals surface area contributed by atoms with Crippen molar-refractivity contribution in [1.82, 2.24) is 24.9 Å². The monoisotopic (exact) mass is 627 g/mol. The predicted molar refractivity (Wildman–Crippen MR) is 190 cm³/mol. The average molecular weight is 628 g/mol. The summed E-state index contributed by atoms with van der Waals surface area (Å²) in [5.74, 6) is 1.70. The van der Waals surface area contributed by atoms with Crippen molar-refractivity contribution >= 4 is 0 Å². The topological polar surface area (TPSA) is 105 Å². The molecule has 0 bridgehead atoms. The molecule has 7 heteroatoms. The van der Waals surface area contributed by atoms with Crippen molar-refractivity contribution in [1.29, 1.82) is 0 Å². The van der Waals surface area contributed by atoms with E-state index in [0.717, 1.165) is 67.0 Å². The number of hydrogen-bond acceptors (Lipinski definition) is 7. The summed E-state index contributed by atoms with van der Waals surface area (Å²) >= 11 is 0. The van der Waals surface area contributed by atoms with E-state index in [4.69, 9.17) is 15.0 Å². The van der Waals surface area contributed by atoms with E-state index < -0.39 is 0 Å². The minimum atomic E-state index is 0.000261. The SMILES string of the molecule is Cc1cc(-c2nc(-c3ccc(-c4cc(O)cc(O)c4)cc3)nc(-c3cc(C)c(-c4ccccn4)cc3C)n2)c(C)cc1-c1ccccn1. The van der Waals surface area contributed by atoms with Gasteiger partial charge in [0.05, 0.1) is 11.4 Å². The number of aromatic hydroxyl groups is 2. The third kappa shape index (κ3) is 6.01. The summed E-state index contributed by atoms with van der Waals surface area (Å²) in [7, 11) is 0. The molecule has 0 atom stereocenters. The van der Waals surface area contributed by atoms with Crippen molar-refractivity contribution in [2.24, 2.45) is 0 Å². The van der Waals surface area contributed by atoms with Gasteiger partial charge in [-0.2, -0.15) is 0 Å². The van der Waals surface area contributed by atoms with Gasteiger partial charge in [-0.1, -0.05) is 36.4 Å². The van der Waals surface area contributed by atoms with Gasteiger partial charge in [-0.25, -0.2) is 15.0 Å². The fraction of sp³-hybridized carbons (Fsp3) is 0.0976. The Bertz CT molecular complexity index is 2150. The Morgan fingerprint density at radius 2 is 0.812 bits per heavy atom. The summed E-state index contributed by atoms with van der Waals surface area (Å²) in [6, 6.07) is 32.7. The fourth-order valence-corrected chi connectivity index (χ4v) is 6.03. The number of rotatable bonds is 6. The molecule has 3 heterocycles. The van der Waals surface area contributed by atoms with Gasteiger partial charge < -0.3 is 10.2 Å². The molecule has 0 amide bonds. The van der Waals surface area contributed by atoms with Crippen molar-refractivity contribution in [3.05, 3.63) is 138 Å². The lowest BCUT2D eigenvalue weighted by Crippen LogP contribution is -2.03. The maximum atomic E-state index is 10.0. The summed E-state index contributed by atoms with van der Waals surface area (Å²) in [5, 5.41) is 20.0. The van der Waals surface area contributed by atoms with Crippen LogP contribution >= 0.6 is 0 Å². The van der Waals surface area contributed by atoms with Crippen LogP contribution in [0.4, 0.5) is 0 Å². The van der Waals surface area contributed by atoms with Gasteiger partial charge in [-0.3, -0.25) is 9.97 Å². The molecular formula is C41H33N5O2. The molecule has 48 heavy (non-hydrogen) atoms. The van der Waals surface area contributed by atoms with Crippen LogP contribution in [0.3, 0.4) is 0 Å². The standard InChI is InChI=1S/C41H33N5O2/c1-24-19-35(26(3)17-33(24)37-9-5-7-15-42-37)40-44-39(29-13-11-28(12-14-29)30-21-31(47)23-32(48)22-30)45-41(46-40)36-20-25(2)34(18-27(36)4)38-10-6-8-16-43-38/h5-23,47-48H,1-4H3. The van der Waals surface area contributed by atoms with Gasteiger partial charge >= 0.3 is 0 Å². The number of aryl methyl sites for hydroxylation is 4. The Morgan fingerprint density at radius 3 is 1.27 bits per heavy atom. The van der Waals surface area contributed by atoms with Crippen molar-refractivity contribution in [2.45, 2.75) is 27.7 Å². The third-order valence-corrected chi connectivity index (χ3v) is 8.52. The molecule has 0 aliphatic carbocycles. The first-order valence-corrected chi connectivity index (χ1v) is 15.7. The first kappa shape index (κ1) is 30.4. The number of hydrogen-bond donors (Lipinski definition) is 2. The first-order valence-electron chi connectivity index (χ1n) is 15.7. The van der Waals surface area contributed by atoms with Crippen molar-refractivity contribution in [3.63, 3.8) is 0 Å². The van der Waals surface area contributed by atoms with Crippen LogP contribution in [0.2, 0.25) is 0 Å². The summed E-state index contributed by atoms with van der Waals surface area (Å²) < 4.78 is 0. The maximum Gasteiger partial charge on any atom is 0.164 e. The molecule has 0 aliphatic heterocycles. The van der Waals surface area contributed by atoms with E-state index in [1.54, 1.807) is 24.5 Å². The van der Waals surface area contributed by atoms with Gasteiger partial charge in [0, 0.05) is 46.3 Å². The number of aromatic nitrogens is 5. The Balaban J connectivity index is 1.37. The largest absolute Gasteiger partial charge is 0.508 e. The van der Waals surface area contributed by atoms with Gasteiger partial charge in [0.25, 0.3) is 0 Å². The lowest BCUT2D eigenvalue weighted by molar-refractivity contribution is 0.451. The molecule has 0 radical (unpaired) electrons. The zero-order valence-corrected chi connectivity index (χ0v) is 27.1. The second kappa shape index (κ2) is 12.5. The first-order chi connectivity index (χ1) is 23.2. The fourth-order valence-electron chi connectivity index (χ4n) is 6.03. The quantitative estimate of drug-likeness (QED) is 0.189. The molecule has 7 rings (SSSR count). The highest BCUT2D eigenvalue weighted by molar-refractivity contribution is 5.77. The minimum absolute atomic E-state index is 0.000261. The lowest BCUT2D eigenvalue weighted by atomic mass is 9.96. The molecule has 0 spiro atoms. The zero-order valence-electron chi connectivity index (χ0n) is 27.1. The van der Waals surface area contributed by atoms with E-state index in [-0.39, 0.29) is 11.5 Å². The van der Waals surface area contributed by atoms with Crippen LogP contribution in [-0.4, -0.2) is 35.1 Å². The molecule has 7 aromatic rings. The maximum absolute atomic E-state index is 10.0. The van der Waals surface area contributed by atoms with Crippen molar-refractivity contribution in [2.75, 3.05) is 0 Å². The molecule has 0 aliphatic rings. The summed E-state index contributed by atoms with van der Waals surface area (Å²) in [6.07, 6.45) is 3.61. The van der Waals surface area contributed by atoms with Crippen molar-refractivity contribution in [3.8, 4) is 79.3 Å². The highest BCUT2D eigenvalue weighted by Crippen LogP contribution is 2.35. The molecule has 234 valence electrons. The molecule has 2 N–H and O–H groups in total. The molecule has 3 aromatic heterocycles. The molecule has 4 aromatic carbocycles. The van der Waals surface area contributed by atoms with Gasteiger partial charge in [-0.05, 0) is 122 Å².